The summed E-state index contributed by atoms with van der Waals surface area (Å²) in [6.07, 6.45) is 0. The predicted octanol–water partition coefficient (Wildman–Crippen LogP) is 2.78. The van der Waals surface area contributed by atoms with Crippen LogP contribution in [0.4, 0.5) is 0 Å². The van der Waals surface area contributed by atoms with Gasteiger partial charge in [0.2, 0.25) is 0 Å². The van der Waals surface area contributed by atoms with Crippen LogP contribution in [0.1, 0.15) is 42.3 Å². The normalized spacial score (nSPS) is 16.5. The molecule has 122 valence electrons. The van der Waals surface area contributed by atoms with E-state index in [4.69, 9.17) is 9.47 Å². The van der Waals surface area contributed by atoms with Gasteiger partial charge < -0.3 is 9.47 Å². The lowest BCUT2D eigenvalue weighted by Gasteiger charge is -2.26. The number of carbonyl (C=O) groups is 1. The van der Waals surface area contributed by atoms with Crippen LogP contribution in [0.2, 0.25) is 0 Å². The molecule has 0 spiro atoms. The number of nitrogens with zero attached hydrogens (tertiary/aromatic N) is 1. The molecular weight excluding hydrogens is 278 g/mol. The fraction of sp³-hybridized carbons (Fsp3) is 0.611. The van der Waals surface area contributed by atoms with Gasteiger partial charge in [0.05, 0.1) is 18.8 Å². The maximum Gasteiger partial charge on any atom is 0.338 e. The van der Waals surface area contributed by atoms with Crippen LogP contribution < -0.4 is 0 Å². The molecule has 0 bridgehead atoms. The van der Waals surface area contributed by atoms with Gasteiger partial charge in [0, 0.05) is 19.6 Å². The number of rotatable bonds is 4. The van der Waals surface area contributed by atoms with Crippen LogP contribution in [0.3, 0.4) is 0 Å². The molecule has 1 aromatic rings. The monoisotopic (exact) mass is 305 g/mol. The summed E-state index contributed by atoms with van der Waals surface area (Å²) in [4.78, 5) is 14.4. The summed E-state index contributed by atoms with van der Waals surface area (Å²) in [5.74, 6) is -0.239. The van der Waals surface area contributed by atoms with Gasteiger partial charge in [0.1, 0.15) is 6.61 Å². The SMILES string of the molecule is Cc1cc(C(=O)OCCN2CCOCC2)ccc1C(C)(C)C. The second kappa shape index (κ2) is 7.25. The number of hydrogen-bond acceptors (Lipinski definition) is 4. The molecule has 1 aliphatic rings. The predicted molar refractivity (Wildman–Crippen MR) is 87.4 cm³/mol. The van der Waals surface area contributed by atoms with E-state index in [-0.39, 0.29) is 11.4 Å². The van der Waals surface area contributed by atoms with Crippen LogP contribution in [0.25, 0.3) is 0 Å². The second-order valence-electron chi connectivity index (χ2n) is 6.87. The minimum Gasteiger partial charge on any atom is -0.461 e. The average Bonchev–Trinajstić information content (AvgIpc) is 2.46. The van der Waals surface area contributed by atoms with E-state index in [0.717, 1.165) is 38.4 Å². The first-order valence-electron chi connectivity index (χ1n) is 7.96. The van der Waals surface area contributed by atoms with Gasteiger partial charge >= 0.3 is 5.97 Å². The summed E-state index contributed by atoms with van der Waals surface area (Å²) in [6, 6.07) is 5.83. The van der Waals surface area contributed by atoms with Crippen molar-refractivity contribution in [3.8, 4) is 0 Å². The van der Waals surface area contributed by atoms with E-state index < -0.39 is 0 Å². The van der Waals surface area contributed by atoms with Crippen molar-refractivity contribution in [3.63, 3.8) is 0 Å². The molecule has 0 N–H and O–H groups in total. The van der Waals surface area contributed by atoms with Crippen molar-refractivity contribution >= 4 is 5.97 Å². The Balaban J connectivity index is 1.88. The zero-order valence-electron chi connectivity index (χ0n) is 14.1. The van der Waals surface area contributed by atoms with Crippen molar-refractivity contribution in [3.05, 3.63) is 34.9 Å². The Bertz CT molecular complexity index is 514. The van der Waals surface area contributed by atoms with E-state index in [1.807, 2.05) is 25.1 Å². The van der Waals surface area contributed by atoms with E-state index in [1.54, 1.807) is 0 Å². The number of benzene rings is 1. The molecule has 1 aliphatic heterocycles. The summed E-state index contributed by atoms with van der Waals surface area (Å²) in [6.45, 7) is 13.1. The molecule has 1 aromatic carbocycles. The topological polar surface area (TPSA) is 38.8 Å². The van der Waals surface area contributed by atoms with Crippen LogP contribution in [0, 0.1) is 6.92 Å². The van der Waals surface area contributed by atoms with E-state index in [2.05, 4.69) is 25.7 Å². The van der Waals surface area contributed by atoms with Gasteiger partial charge in [-0.05, 0) is 35.6 Å². The Hall–Kier alpha value is -1.39. The molecule has 0 amide bonds. The van der Waals surface area contributed by atoms with Crippen molar-refractivity contribution in [2.24, 2.45) is 0 Å². The standard InChI is InChI=1S/C18H27NO3/c1-14-13-15(5-6-16(14)18(2,3)4)17(20)22-12-9-19-7-10-21-11-8-19/h5-6,13H,7-12H2,1-4H3. The van der Waals surface area contributed by atoms with Crippen LogP contribution in [0.5, 0.6) is 0 Å². The molecule has 1 heterocycles. The van der Waals surface area contributed by atoms with Crippen LogP contribution in [-0.2, 0) is 14.9 Å². The van der Waals surface area contributed by atoms with Crippen LogP contribution in [-0.4, -0.2) is 50.3 Å². The van der Waals surface area contributed by atoms with Gasteiger partial charge in [0.25, 0.3) is 0 Å². The zero-order valence-corrected chi connectivity index (χ0v) is 14.1. The van der Waals surface area contributed by atoms with Gasteiger partial charge in [-0.2, -0.15) is 0 Å². The number of morpholine rings is 1. The fourth-order valence-corrected chi connectivity index (χ4v) is 2.81. The molecular formula is C18H27NO3. The van der Waals surface area contributed by atoms with Crippen molar-refractivity contribution in [1.82, 2.24) is 4.90 Å². The molecule has 0 aliphatic carbocycles. The van der Waals surface area contributed by atoms with Gasteiger partial charge in [-0.15, -0.1) is 0 Å². The fourth-order valence-electron chi connectivity index (χ4n) is 2.81. The molecule has 4 heteroatoms. The number of aryl methyl sites for hydroxylation is 1. The summed E-state index contributed by atoms with van der Waals surface area (Å²) in [7, 11) is 0. The third kappa shape index (κ3) is 4.55. The summed E-state index contributed by atoms with van der Waals surface area (Å²) >= 11 is 0. The van der Waals surface area contributed by atoms with E-state index >= 15 is 0 Å². The summed E-state index contributed by atoms with van der Waals surface area (Å²) < 4.78 is 10.7. The zero-order chi connectivity index (χ0) is 16.2. The average molecular weight is 305 g/mol. The third-order valence-electron chi connectivity index (χ3n) is 4.01. The number of carbonyl (C=O) groups excluding carboxylic acids is 1. The summed E-state index contributed by atoms with van der Waals surface area (Å²) in [5.41, 5.74) is 3.11. The molecule has 1 fully saturated rings. The summed E-state index contributed by atoms with van der Waals surface area (Å²) in [5, 5.41) is 0. The molecule has 1 saturated heterocycles. The van der Waals surface area contributed by atoms with E-state index in [9.17, 15) is 4.79 Å². The Morgan fingerprint density at radius 3 is 2.55 bits per heavy atom. The lowest BCUT2D eigenvalue weighted by molar-refractivity contribution is 0.0195. The molecule has 22 heavy (non-hydrogen) atoms. The molecule has 0 atom stereocenters. The van der Waals surface area contributed by atoms with Gasteiger partial charge in [0.15, 0.2) is 0 Å². The van der Waals surface area contributed by atoms with Gasteiger partial charge in [-0.25, -0.2) is 4.79 Å². The quantitative estimate of drug-likeness (QED) is 0.802. The highest BCUT2D eigenvalue weighted by Gasteiger charge is 2.18. The first-order chi connectivity index (χ1) is 10.4. The Morgan fingerprint density at radius 2 is 1.95 bits per heavy atom. The Morgan fingerprint density at radius 1 is 1.27 bits per heavy atom. The number of hydrogen-bond donors (Lipinski definition) is 0. The highest BCUT2D eigenvalue weighted by atomic mass is 16.5. The largest absolute Gasteiger partial charge is 0.461 e. The highest BCUT2D eigenvalue weighted by Crippen LogP contribution is 2.26. The maximum absolute atomic E-state index is 12.1. The van der Waals surface area contributed by atoms with Crippen molar-refractivity contribution in [1.29, 1.82) is 0 Å². The molecule has 0 radical (unpaired) electrons. The molecule has 2 rings (SSSR count). The third-order valence-corrected chi connectivity index (χ3v) is 4.01. The number of ether oxygens (including phenoxy) is 2. The highest BCUT2D eigenvalue weighted by molar-refractivity contribution is 5.89. The molecule has 0 unspecified atom stereocenters. The second-order valence-corrected chi connectivity index (χ2v) is 6.87. The van der Waals surface area contributed by atoms with Gasteiger partial charge in [-0.3, -0.25) is 4.90 Å². The minimum absolute atomic E-state index is 0.0862. The van der Waals surface area contributed by atoms with Crippen molar-refractivity contribution in [2.45, 2.75) is 33.1 Å². The lowest BCUT2D eigenvalue weighted by atomic mass is 9.83. The van der Waals surface area contributed by atoms with Crippen molar-refractivity contribution in [2.75, 3.05) is 39.5 Å². The van der Waals surface area contributed by atoms with Gasteiger partial charge in [-0.1, -0.05) is 26.8 Å². The Kier molecular flexibility index (Phi) is 5.59. The first kappa shape index (κ1) is 17.0. The first-order valence-corrected chi connectivity index (χ1v) is 7.96. The van der Waals surface area contributed by atoms with Crippen LogP contribution >= 0.6 is 0 Å². The maximum atomic E-state index is 12.1. The smallest absolute Gasteiger partial charge is 0.338 e. The molecule has 0 saturated carbocycles. The minimum atomic E-state index is -0.239. The number of esters is 1. The van der Waals surface area contributed by atoms with Crippen LogP contribution in [0.15, 0.2) is 18.2 Å². The Labute approximate surface area is 133 Å². The molecule has 0 aromatic heterocycles. The van der Waals surface area contributed by atoms with Crippen molar-refractivity contribution < 1.29 is 14.3 Å². The van der Waals surface area contributed by atoms with E-state index in [0.29, 0.717) is 12.2 Å². The lowest BCUT2D eigenvalue weighted by Crippen LogP contribution is -2.38. The molecule has 4 nitrogen and oxygen atoms in total. The van der Waals surface area contributed by atoms with E-state index in [1.165, 1.54) is 5.56 Å².